The Morgan fingerprint density at radius 3 is 2.67 bits per heavy atom. The summed E-state index contributed by atoms with van der Waals surface area (Å²) in [5.74, 6) is 0.445. The first-order valence-electron chi connectivity index (χ1n) is 8.51. The minimum absolute atomic E-state index is 0. The maximum Gasteiger partial charge on any atom is 0.191 e. The molecule has 7 heteroatoms. The number of aromatic nitrogens is 1. The Morgan fingerprint density at radius 2 is 1.93 bits per heavy atom. The molecule has 3 aromatic rings. The first-order valence-corrected chi connectivity index (χ1v) is 9.39. The van der Waals surface area contributed by atoms with Gasteiger partial charge in [0.05, 0.1) is 18.8 Å². The number of guanidine groups is 1. The Labute approximate surface area is 180 Å². The molecule has 2 N–H and O–H groups in total. The third-order valence-electron chi connectivity index (χ3n) is 3.68. The molecule has 0 atom stereocenters. The summed E-state index contributed by atoms with van der Waals surface area (Å²) in [6, 6.07) is 16.6. The highest BCUT2D eigenvalue weighted by Gasteiger charge is 2.05. The van der Waals surface area contributed by atoms with Crippen LogP contribution in [0.4, 0.5) is 4.39 Å². The summed E-state index contributed by atoms with van der Waals surface area (Å²) in [4.78, 5) is 9.18. The van der Waals surface area contributed by atoms with Crippen LogP contribution in [0, 0.1) is 5.82 Å². The molecule has 27 heavy (non-hydrogen) atoms. The second-order valence-corrected chi connectivity index (χ2v) is 6.61. The number of halogens is 2. The molecule has 3 rings (SSSR count). The first kappa shape index (κ1) is 21.3. The monoisotopic (exact) mass is 496 g/mol. The van der Waals surface area contributed by atoms with E-state index in [2.05, 4.69) is 38.1 Å². The van der Waals surface area contributed by atoms with Crippen molar-refractivity contribution < 1.29 is 4.39 Å². The average molecular weight is 496 g/mol. The summed E-state index contributed by atoms with van der Waals surface area (Å²) in [7, 11) is 0. The highest BCUT2D eigenvalue weighted by Crippen LogP contribution is 2.21. The first-order chi connectivity index (χ1) is 12.7. The number of hydrogen-bond acceptors (Lipinski definition) is 3. The van der Waals surface area contributed by atoms with Gasteiger partial charge >= 0.3 is 0 Å². The molecule has 4 nitrogen and oxygen atoms in total. The number of aliphatic imine (C=N–C) groups is 1. The van der Waals surface area contributed by atoms with Gasteiger partial charge in [-0.1, -0.05) is 42.5 Å². The van der Waals surface area contributed by atoms with E-state index in [9.17, 15) is 4.39 Å². The smallest absolute Gasteiger partial charge is 0.191 e. The fraction of sp³-hybridized carbons (Fsp3) is 0.200. The lowest BCUT2D eigenvalue weighted by molar-refractivity contribution is 0.625. The zero-order chi connectivity index (χ0) is 18.2. The molecule has 0 aliphatic heterocycles. The van der Waals surface area contributed by atoms with Crippen LogP contribution < -0.4 is 10.6 Å². The van der Waals surface area contributed by atoms with Gasteiger partial charge in [0.2, 0.25) is 0 Å². The molecule has 142 valence electrons. The standard InChI is InChI=1S/C20H21FN4S.HI/c1-2-22-20(23-12-15-7-6-10-17(21)11-15)24-13-19-25-18(14-26-19)16-8-4-3-5-9-16;/h3-11,14H,2,12-13H2,1H3,(H2,22,23,24);1H. The van der Waals surface area contributed by atoms with Gasteiger partial charge in [0, 0.05) is 17.5 Å². The Bertz CT molecular complexity index is 867. The number of hydrogen-bond donors (Lipinski definition) is 2. The van der Waals surface area contributed by atoms with E-state index < -0.39 is 0 Å². The predicted molar refractivity (Wildman–Crippen MR) is 121 cm³/mol. The molecule has 0 saturated heterocycles. The zero-order valence-electron chi connectivity index (χ0n) is 15.0. The van der Waals surface area contributed by atoms with Gasteiger partial charge in [-0.15, -0.1) is 35.3 Å². The molecule has 0 aliphatic carbocycles. The summed E-state index contributed by atoms with van der Waals surface area (Å²) < 4.78 is 13.3. The lowest BCUT2D eigenvalue weighted by atomic mass is 10.2. The molecule has 0 fully saturated rings. The maximum atomic E-state index is 13.3. The number of benzene rings is 2. The topological polar surface area (TPSA) is 49.3 Å². The fourth-order valence-electron chi connectivity index (χ4n) is 2.44. The van der Waals surface area contributed by atoms with Crippen molar-refractivity contribution in [2.45, 2.75) is 20.0 Å². The van der Waals surface area contributed by atoms with Crippen molar-refractivity contribution in [1.29, 1.82) is 0 Å². The molecule has 1 aromatic heterocycles. The van der Waals surface area contributed by atoms with Gasteiger partial charge in [-0.2, -0.15) is 0 Å². The maximum absolute atomic E-state index is 13.3. The quantitative estimate of drug-likeness (QED) is 0.292. The molecule has 0 spiro atoms. The minimum atomic E-state index is -0.244. The van der Waals surface area contributed by atoms with Crippen LogP contribution in [-0.2, 0) is 13.1 Å². The van der Waals surface area contributed by atoms with Gasteiger partial charge in [0.1, 0.15) is 10.8 Å². The Balaban J connectivity index is 0.00000261. The van der Waals surface area contributed by atoms with Crippen LogP contribution in [0.5, 0.6) is 0 Å². The van der Waals surface area contributed by atoms with Crippen molar-refractivity contribution in [2.75, 3.05) is 6.54 Å². The molecule has 2 aromatic carbocycles. The van der Waals surface area contributed by atoms with Crippen molar-refractivity contribution in [3.8, 4) is 11.3 Å². The number of thiazole rings is 1. The summed E-state index contributed by atoms with van der Waals surface area (Å²) in [5, 5.41) is 9.52. The SMILES string of the molecule is CCNC(=NCc1cccc(F)c1)NCc1nc(-c2ccccc2)cs1.I. The molecule has 1 heterocycles. The largest absolute Gasteiger partial charge is 0.357 e. The molecular formula is C20H22FIN4S. The van der Waals surface area contributed by atoms with Gasteiger partial charge in [-0.05, 0) is 24.6 Å². The highest BCUT2D eigenvalue weighted by atomic mass is 127. The van der Waals surface area contributed by atoms with Gasteiger partial charge in [-0.3, -0.25) is 0 Å². The van der Waals surface area contributed by atoms with Crippen LogP contribution in [0.15, 0.2) is 65.0 Å². The van der Waals surface area contributed by atoms with Crippen molar-refractivity contribution in [3.63, 3.8) is 0 Å². The van der Waals surface area contributed by atoms with Crippen molar-refractivity contribution in [2.24, 2.45) is 4.99 Å². The molecule has 0 radical (unpaired) electrons. The van der Waals surface area contributed by atoms with Crippen molar-refractivity contribution in [3.05, 3.63) is 76.4 Å². The van der Waals surface area contributed by atoms with Crippen LogP contribution in [0.3, 0.4) is 0 Å². The summed E-state index contributed by atoms with van der Waals surface area (Å²) in [5.41, 5.74) is 2.93. The molecule has 0 aliphatic rings. The normalized spacial score (nSPS) is 11.0. The summed E-state index contributed by atoms with van der Waals surface area (Å²) >= 11 is 1.61. The fourth-order valence-corrected chi connectivity index (χ4v) is 3.18. The van der Waals surface area contributed by atoms with E-state index in [0.29, 0.717) is 19.0 Å². The van der Waals surface area contributed by atoms with E-state index in [-0.39, 0.29) is 29.8 Å². The van der Waals surface area contributed by atoms with Gasteiger partial charge in [-0.25, -0.2) is 14.4 Å². The Morgan fingerprint density at radius 1 is 1.11 bits per heavy atom. The van der Waals surface area contributed by atoms with E-state index in [1.165, 1.54) is 12.1 Å². The molecule has 0 saturated carbocycles. The van der Waals surface area contributed by atoms with Gasteiger partial charge in [0.15, 0.2) is 5.96 Å². The summed E-state index contributed by atoms with van der Waals surface area (Å²) in [6.07, 6.45) is 0. The average Bonchev–Trinajstić information content (AvgIpc) is 3.14. The van der Waals surface area contributed by atoms with Crippen LogP contribution in [-0.4, -0.2) is 17.5 Å². The van der Waals surface area contributed by atoms with Crippen LogP contribution in [0.25, 0.3) is 11.3 Å². The van der Waals surface area contributed by atoms with E-state index in [4.69, 9.17) is 0 Å². The lowest BCUT2D eigenvalue weighted by Gasteiger charge is -2.10. The highest BCUT2D eigenvalue weighted by molar-refractivity contribution is 14.0. The summed E-state index contributed by atoms with van der Waals surface area (Å²) in [6.45, 7) is 3.77. The van der Waals surface area contributed by atoms with E-state index in [1.54, 1.807) is 17.4 Å². The third-order valence-corrected chi connectivity index (χ3v) is 4.53. The molecule has 0 amide bonds. The third kappa shape index (κ3) is 6.59. The molecule has 0 bridgehead atoms. The Kier molecular flexibility index (Phi) is 8.66. The molecular weight excluding hydrogens is 474 g/mol. The second kappa shape index (κ2) is 11.0. The Hall–Kier alpha value is -2.00. The van der Waals surface area contributed by atoms with E-state index in [0.717, 1.165) is 28.4 Å². The van der Waals surface area contributed by atoms with E-state index >= 15 is 0 Å². The number of nitrogens with one attached hydrogen (secondary N) is 2. The number of nitrogens with zero attached hydrogens (tertiary/aromatic N) is 2. The van der Waals surface area contributed by atoms with Gasteiger partial charge < -0.3 is 10.6 Å². The lowest BCUT2D eigenvalue weighted by Crippen LogP contribution is -2.36. The minimum Gasteiger partial charge on any atom is -0.357 e. The second-order valence-electron chi connectivity index (χ2n) is 5.67. The zero-order valence-corrected chi connectivity index (χ0v) is 18.1. The van der Waals surface area contributed by atoms with Crippen LogP contribution in [0.2, 0.25) is 0 Å². The van der Waals surface area contributed by atoms with Crippen LogP contribution >= 0.6 is 35.3 Å². The number of rotatable bonds is 6. The molecule has 0 unspecified atom stereocenters. The van der Waals surface area contributed by atoms with Crippen molar-refractivity contribution in [1.82, 2.24) is 15.6 Å². The predicted octanol–water partition coefficient (Wildman–Crippen LogP) is 4.82. The van der Waals surface area contributed by atoms with Crippen LogP contribution in [0.1, 0.15) is 17.5 Å². The van der Waals surface area contributed by atoms with Gasteiger partial charge in [0.25, 0.3) is 0 Å². The van der Waals surface area contributed by atoms with E-state index in [1.807, 2.05) is 31.2 Å². The van der Waals surface area contributed by atoms with Crippen molar-refractivity contribution >= 4 is 41.3 Å².